The lowest BCUT2D eigenvalue weighted by Crippen LogP contribution is -2.17. The maximum Gasteiger partial charge on any atom is 0.161 e. The van der Waals surface area contributed by atoms with E-state index in [4.69, 9.17) is 15.2 Å². The molecule has 0 bridgehead atoms. The Kier molecular flexibility index (Phi) is 3.63. The van der Waals surface area contributed by atoms with E-state index in [0.29, 0.717) is 30.3 Å². The molecule has 1 atom stereocenters. The van der Waals surface area contributed by atoms with E-state index < -0.39 is 6.04 Å². The molecular formula is C15H13BrFNO2. The molecule has 20 heavy (non-hydrogen) atoms. The molecule has 2 N–H and O–H groups in total. The zero-order chi connectivity index (χ0) is 14.1. The summed E-state index contributed by atoms with van der Waals surface area (Å²) in [5.74, 6) is 1.03. The molecule has 1 aliphatic rings. The maximum atomic E-state index is 13.9. The smallest absolute Gasteiger partial charge is 0.161 e. The predicted molar refractivity (Wildman–Crippen MR) is 77.6 cm³/mol. The van der Waals surface area contributed by atoms with Crippen LogP contribution in [0.2, 0.25) is 0 Å². The lowest BCUT2D eigenvalue weighted by atomic mass is 9.98. The first-order valence-corrected chi connectivity index (χ1v) is 7.04. The van der Waals surface area contributed by atoms with E-state index >= 15 is 0 Å². The van der Waals surface area contributed by atoms with Gasteiger partial charge in [-0.05, 0) is 35.9 Å². The van der Waals surface area contributed by atoms with Crippen LogP contribution in [-0.2, 0) is 0 Å². The predicted octanol–water partition coefficient (Wildman–Crippen LogP) is 3.41. The minimum Gasteiger partial charge on any atom is -0.486 e. The van der Waals surface area contributed by atoms with Gasteiger partial charge in [0.15, 0.2) is 11.5 Å². The lowest BCUT2D eigenvalue weighted by Gasteiger charge is -2.21. The first-order valence-electron chi connectivity index (χ1n) is 6.25. The molecule has 0 saturated carbocycles. The molecule has 0 radical (unpaired) electrons. The Morgan fingerprint density at radius 2 is 1.80 bits per heavy atom. The van der Waals surface area contributed by atoms with E-state index in [2.05, 4.69) is 15.9 Å². The highest BCUT2D eigenvalue weighted by Crippen LogP contribution is 2.34. The molecule has 1 unspecified atom stereocenters. The van der Waals surface area contributed by atoms with Gasteiger partial charge in [-0.1, -0.05) is 22.0 Å². The van der Waals surface area contributed by atoms with Crippen molar-refractivity contribution in [3.63, 3.8) is 0 Å². The Bertz CT molecular complexity index is 648. The molecule has 0 spiro atoms. The van der Waals surface area contributed by atoms with Gasteiger partial charge in [0.2, 0.25) is 0 Å². The molecule has 5 heteroatoms. The molecule has 2 aromatic carbocycles. The Labute approximate surface area is 124 Å². The van der Waals surface area contributed by atoms with Gasteiger partial charge in [-0.2, -0.15) is 0 Å². The highest BCUT2D eigenvalue weighted by molar-refractivity contribution is 9.10. The second kappa shape index (κ2) is 5.42. The number of hydrogen-bond donors (Lipinski definition) is 1. The summed E-state index contributed by atoms with van der Waals surface area (Å²) in [6.45, 7) is 1.05. The molecular weight excluding hydrogens is 325 g/mol. The van der Waals surface area contributed by atoms with Crippen LogP contribution in [0.1, 0.15) is 17.2 Å². The second-order valence-corrected chi connectivity index (χ2v) is 5.46. The first kappa shape index (κ1) is 13.4. The fraction of sp³-hybridized carbons (Fsp3) is 0.200. The van der Waals surface area contributed by atoms with Crippen LogP contribution >= 0.6 is 15.9 Å². The topological polar surface area (TPSA) is 44.5 Å². The number of benzene rings is 2. The summed E-state index contributed by atoms with van der Waals surface area (Å²) in [5, 5.41) is 0. The molecule has 0 amide bonds. The van der Waals surface area contributed by atoms with Gasteiger partial charge in [-0.3, -0.25) is 0 Å². The standard InChI is InChI=1S/C15H13BrFNO2/c16-10-2-3-12(17)11(8-10)15(18)9-1-4-13-14(7-9)20-6-5-19-13/h1-4,7-8,15H,5-6,18H2. The average molecular weight is 338 g/mol. The molecule has 1 aliphatic heterocycles. The van der Waals surface area contributed by atoms with Crippen molar-refractivity contribution >= 4 is 15.9 Å². The summed E-state index contributed by atoms with van der Waals surface area (Å²) < 4.78 is 25.7. The van der Waals surface area contributed by atoms with Gasteiger partial charge in [-0.15, -0.1) is 0 Å². The molecule has 3 nitrogen and oxygen atoms in total. The van der Waals surface area contributed by atoms with E-state index in [9.17, 15) is 4.39 Å². The van der Waals surface area contributed by atoms with Crippen molar-refractivity contribution in [2.45, 2.75) is 6.04 Å². The molecule has 3 rings (SSSR count). The van der Waals surface area contributed by atoms with Crippen molar-refractivity contribution in [1.29, 1.82) is 0 Å². The van der Waals surface area contributed by atoms with Gasteiger partial charge in [0.1, 0.15) is 19.0 Å². The molecule has 0 aromatic heterocycles. The Balaban J connectivity index is 1.97. The summed E-state index contributed by atoms with van der Waals surface area (Å²) in [5.41, 5.74) is 7.39. The largest absolute Gasteiger partial charge is 0.486 e. The average Bonchev–Trinajstić information content (AvgIpc) is 2.48. The van der Waals surface area contributed by atoms with E-state index in [1.165, 1.54) is 6.07 Å². The molecule has 1 heterocycles. The Morgan fingerprint density at radius 3 is 2.60 bits per heavy atom. The van der Waals surface area contributed by atoms with E-state index in [1.54, 1.807) is 24.3 Å². The van der Waals surface area contributed by atoms with Crippen LogP contribution in [0.25, 0.3) is 0 Å². The van der Waals surface area contributed by atoms with Crippen LogP contribution < -0.4 is 15.2 Å². The normalized spacial score (nSPS) is 14.9. The van der Waals surface area contributed by atoms with Crippen molar-refractivity contribution in [2.75, 3.05) is 13.2 Å². The summed E-state index contributed by atoms with van der Waals surface area (Å²) in [6, 6.07) is 9.63. The summed E-state index contributed by atoms with van der Waals surface area (Å²) in [6.07, 6.45) is 0. The highest BCUT2D eigenvalue weighted by atomic mass is 79.9. The highest BCUT2D eigenvalue weighted by Gasteiger charge is 2.18. The van der Waals surface area contributed by atoms with Gasteiger partial charge in [0, 0.05) is 10.0 Å². The fourth-order valence-electron chi connectivity index (χ4n) is 2.19. The van der Waals surface area contributed by atoms with Gasteiger partial charge in [-0.25, -0.2) is 4.39 Å². The first-order chi connectivity index (χ1) is 9.65. The monoisotopic (exact) mass is 337 g/mol. The number of rotatable bonds is 2. The van der Waals surface area contributed by atoms with E-state index in [1.807, 2.05) is 6.07 Å². The van der Waals surface area contributed by atoms with Crippen LogP contribution in [0, 0.1) is 5.82 Å². The zero-order valence-electron chi connectivity index (χ0n) is 10.6. The molecule has 0 fully saturated rings. The minimum absolute atomic E-state index is 0.324. The van der Waals surface area contributed by atoms with Gasteiger partial charge < -0.3 is 15.2 Å². The minimum atomic E-state index is -0.552. The molecule has 0 aliphatic carbocycles. The van der Waals surface area contributed by atoms with Gasteiger partial charge in [0.25, 0.3) is 0 Å². The Hall–Kier alpha value is -1.59. The third-order valence-electron chi connectivity index (χ3n) is 3.22. The number of nitrogens with two attached hydrogens (primary N) is 1. The lowest BCUT2D eigenvalue weighted by molar-refractivity contribution is 0.171. The third-order valence-corrected chi connectivity index (χ3v) is 3.71. The van der Waals surface area contributed by atoms with Crippen molar-refractivity contribution in [1.82, 2.24) is 0 Å². The number of hydrogen-bond acceptors (Lipinski definition) is 3. The van der Waals surface area contributed by atoms with Crippen LogP contribution in [0.4, 0.5) is 4.39 Å². The van der Waals surface area contributed by atoms with E-state index in [-0.39, 0.29) is 5.82 Å². The summed E-state index contributed by atoms with van der Waals surface area (Å²) in [7, 11) is 0. The summed E-state index contributed by atoms with van der Waals surface area (Å²) >= 11 is 3.33. The van der Waals surface area contributed by atoms with Crippen LogP contribution in [0.5, 0.6) is 11.5 Å². The fourth-order valence-corrected chi connectivity index (χ4v) is 2.56. The number of ether oxygens (including phenoxy) is 2. The van der Waals surface area contributed by atoms with E-state index in [0.717, 1.165) is 10.0 Å². The number of fused-ring (bicyclic) bond motifs is 1. The third kappa shape index (κ3) is 2.51. The quantitative estimate of drug-likeness (QED) is 0.913. The molecule has 104 valence electrons. The van der Waals surface area contributed by atoms with Gasteiger partial charge in [0.05, 0.1) is 6.04 Å². The van der Waals surface area contributed by atoms with Crippen LogP contribution in [0.15, 0.2) is 40.9 Å². The molecule has 0 saturated heterocycles. The van der Waals surface area contributed by atoms with Crippen molar-refractivity contribution in [3.8, 4) is 11.5 Å². The maximum absolute atomic E-state index is 13.9. The van der Waals surface area contributed by atoms with Crippen LogP contribution in [-0.4, -0.2) is 13.2 Å². The zero-order valence-corrected chi connectivity index (χ0v) is 12.2. The second-order valence-electron chi connectivity index (χ2n) is 4.55. The SMILES string of the molecule is NC(c1ccc2c(c1)OCCO2)c1cc(Br)ccc1F. The van der Waals surface area contributed by atoms with Crippen molar-refractivity contribution in [2.24, 2.45) is 5.73 Å². The van der Waals surface area contributed by atoms with Gasteiger partial charge >= 0.3 is 0 Å². The Morgan fingerprint density at radius 1 is 1.05 bits per heavy atom. The van der Waals surface area contributed by atoms with Crippen molar-refractivity contribution < 1.29 is 13.9 Å². The van der Waals surface area contributed by atoms with Crippen molar-refractivity contribution in [3.05, 3.63) is 57.8 Å². The molecule has 2 aromatic rings. The van der Waals surface area contributed by atoms with Crippen LogP contribution in [0.3, 0.4) is 0 Å². The summed E-state index contributed by atoms with van der Waals surface area (Å²) in [4.78, 5) is 0. The number of halogens is 2.